The molecule has 2 aromatic carbocycles. The predicted molar refractivity (Wildman–Crippen MR) is 151 cm³/mol. The zero-order chi connectivity index (χ0) is 27.7. The first-order valence-corrected chi connectivity index (χ1v) is 13.3. The van der Waals surface area contributed by atoms with Crippen molar-refractivity contribution >= 4 is 17.2 Å². The zero-order valence-corrected chi connectivity index (χ0v) is 23.0. The maximum Gasteiger partial charge on any atom is 0.251 e. The van der Waals surface area contributed by atoms with Gasteiger partial charge in [0.25, 0.3) is 5.91 Å². The number of ether oxygens (including phenoxy) is 2. The number of hydrogen-bond acceptors (Lipinski definition) is 7. The number of aromatic nitrogens is 3. The molecule has 2 aromatic heterocycles. The standard InChI is InChI=1S/C30H35N5O4/c1-18(2)38-22-9-11-23(12-10-22)39-27-15-25(32-17-30(4,5)37)28-31-16-26(35(28)34-27)20-6-13-24(19(3)14-20)29(36)33-21-7-8-21/h6,9-16,18,21,32,37H,7-8,17H2,1-5H3,(H,33,36). The highest BCUT2D eigenvalue weighted by Gasteiger charge is 2.25. The Bertz CT molecular complexity index is 1480. The summed E-state index contributed by atoms with van der Waals surface area (Å²) in [4.78, 5) is 17.2. The fraction of sp³-hybridized carbons (Fsp3) is 0.367. The Hall–Kier alpha value is -4.11. The lowest BCUT2D eigenvalue weighted by atomic mass is 10.0. The van der Waals surface area contributed by atoms with Gasteiger partial charge in [0.2, 0.25) is 5.88 Å². The van der Waals surface area contributed by atoms with Crippen LogP contribution in [0.25, 0.3) is 16.9 Å². The minimum absolute atomic E-state index is 0.0450. The van der Waals surface area contributed by atoms with Crippen LogP contribution < -0.4 is 20.1 Å². The first-order valence-electron chi connectivity index (χ1n) is 13.3. The number of nitrogens with one attached hydrogen (secondary N) is 2. The van der Waals surface area contributed by atoms with Crippen LogP contribution in [0.4, 0.5) is 5.69 Å². The molecule has 3 N–H and O–H groups in total. The molecule has 0 atom stereocenters. The van der Waals surface area contributed by atoms with E-state index in [0.29, 0.717) is 41.1 Å². The number of benzene rings is 2. The summed E-state index contributed by atoms with van der Waals surface area (Å²) in [6.07, 6.45) is 3.91. The van der Waals surface area contributed by atoms with Crippen molar-refractivity contribution in [1.29, 1.82) is 0 Å². The van der Waals surface area contributed by atoms with Crippen molar-refractivity contribution in [2.75, 3.05) is 11.9 Å². The van der Waals surface area contributed by atoms with Crippen molar-refractivity contribution in [2.24, 2.45) is 0 Å². The molecule has 39 heavy (non-hydrogen) atoms. The van der Waals surface area contributed by atoms with E-state index >= 15 is 0 Å². The Morgan fingerprint density at radius 3 is 2.49 bits per heavy atom. The van der Waals surface area contributed by atoms with Crippen molar-refractivity contribution in [1.82, 2.24) is 19.9 Å². The van der Waals surface area contributed by atoms with E-state index < -0.39 is 5.60 Å². The van der Waals surface area contributed by atoms with Gasteiger partial charge in [-0.3, -0.25) is 4.79 Å². The van der Waals surface area contributed by atoms with Crippen LogP contribution >= 0.6 is 0 Å². The van der Waals surface area contributed by atoms with Crippen molar-refractivity contribution < 1.29 is 19.4 Å². The normalized spacial score (nSPS) is 13.5. The number of anilines is 1. The molecular weight excluding hydrogens is 494 g/mol. The van der Waals surface area contributed by atoms with Gasteiger partial charge in [-0.15, -0.1) is 5.10 Å². The topological polar surface area (TPSA) is 110 Å². The second kappa shape index (κ2) is 10.6. The second-order valence-electron chi connectivity index (χ2n) is 11.0. The zero-order valence-electron chi connectivity index (χ0n) is 23.0. The third-order valence-electron chi connectivity index (χ3n) is 6.25. The molecular formula is C30H35N5O4. The second-order valence-corrected chi connectivity index (χ2v) is 11.0. The van der Waals surface area contributed by atoms with Crippen molar-refractivity contribution in [3.63, 3.8) is 0 Å². The highest BCUT2D eigenvalue weighted by atomic mass is 16.5. The summed E-state index contributed by atoms with van der Waals surface area (Å²) in [7, 11) is 0. The lowest BCUT2D eigenvalue weighted by Gasteiger charge is -2.19. The van der Waals surface area contributed by atoms with Gasteiger partial charge >= 0.3 is 0 Å². The van der Waals surface area contributed by atoms with Gasteiger partial charge in [-0.2, -0.15) is 0 Å². The van der Waals surface area contributed by atoms with E-state index in [0.717, 1.165) is 35.4 Å². The van der Waals surface area contributed by atoms with E-state index in [-0.39, 0.29) is 12.0 Å². The van der Waals surface area contributed by atoms with Gasteiger partial charge in [0.05, 0.1) is 29.3 Å². The highest BCUT2D eigenvalue weighted by molar-refractivity contribution is 5.96. The quantitative estimate of drug-likeness (QED) is 0.254. The van der Waals surface area contributed by atoms with Gasteiger partial charge in [0, 0.05) is 29.8 Å². The monoisotopic (exact) mass is 529 g/mol. The van der Waals surface area contributed by atoms with Crippen LogP contribution in [-0.2, 0) is 0 Å². The van der Waals surface area contributed by atoms with E-state index in [9.17, 15) is 9.90 Å². The molecule has 9 heteroatoms. The summed E-state index contributed by atoms with van der Waals surface area (Å²) in [6, 6.07) is 15.2. The number of carbonyl (C=O) groups excluding carboxylic acids is 1. The summed E-state index contributed by atoms with van der Waals surface area (Å²) in [5.74, 6) is 1.68. The van der Waals surface area contributed by atoms with Crippen LogP contribution in [0.2, 0.25) is 0 Å². The van der Waals surface area contributed by atoms with Gasteiger partial charge in [0.15, 0.2) is 5.65 Å². The maximum atomic E-state index is 12.6. The Kier molecular flexibility index (Phi) is 7.18. The highest BCUT2D eigenvalue weighted by Crippen LogP contribution is 2.31. The van der Waals surface area contributed by atoms with Gasteiger partial charge in [0.1, 0.15) is 11.5 Å². The molecule has 4 aromatic rings. The number of rotatable bonds is 10. The van der Waals surface area contributed by atoms with E-state index in [1.165, 1.54) is 0 Å². The molecule has 1 aliphatic carbocycles. The van der Waals surface area contributed by atoms with E-state index in [4.69, 9.17) is 14.6 Å². The largest absolute Gasteiger partial charge is 0.491 e. The van der Waals surface area contributed by atoms with Gasteiger partial charge in [-0.05, 0) is 89.4 Å². The smallest absolute Gasteiger partial charge is 0.251 e. The van der Waals surface area contributed by atoms with Crippen LogP contribution in [0.1, 0.15) is 56.5 Å². The fourth-order valence-corrected chi connectivity index (χ4v) is 4.18. The number of carbonyl (C=O) groups is 1. The maximum absolute atomic E-state index is 12.6. The summed E-state index contributed by atoms with van der Waals surface area (Å²) < 4.78 is 13.6. The molecule has 0 spiro atoms. The Morgan fingerprint density at radius 1 is 1.13 bits per heavy atom. The minimum atomic E-state index is -0.934. The average Bonchev–Trinajstić information content (AvgIpc) is 3.58. The molecule has 0 radical (unpaired) electrons. The van der Waals surface area contributed by atoms with E-state index in [2.05, 4.69) is 15.6 Å². The molecule has 1 amide bonds. The number of imidazole rings is 1. The SMILES string of the molecule is Cc1cc(-c2cnc3c(NCC(C)(C)O)cc(Oc4ccc(OC(C)C)cc4)nn23)ccc1C(=O)NC1CC1. The lowest BCUT2D eigenvalue weighted by Crippen LogP contribution is -2.29. The number of aliphatic hydroxyl groups is 1. The number of fused-ring (bicyclic) bond motifs is 1. The summed E-state index contributed by atoms with van der Waals surface area (Å²) in [6.45, 7) is 9.66. The Labute approximate surface area is 228 Å². The summed E-state index contributed by atoms with van der Waals surface area (Å²) in [5.41, 5.74) is 3.49. The van der Waals surface area contributed by atoms with E-state index in [1.807, 2.05) is 63.2 Å². The van der Waals surface area contributed by atoms with Crippen LogP contribution in [0.3, 0.4) is 0 Å². The Morgan fingerprint density at radius 2 is 1.85 bits per heavy atom. The van der Waals surface area contributed by atoms with Crippen molar-refractivity contribution in [2.45, 2.75) is 65.2 Å². The van der Waals surface area contributed by atoms with Crippen LogP contribution in [0, 0.1) is 6.92 Å². The van der Waals surface area contributed by atoms with Crippen molar-refractivity contribution in [3.05, 3.63) is 65.9 Å². The third kappa shape index (κ3) is 6.49. The molecule has 0 aliphatic heterocycles. The molecule has 204 valence electrons. The van der Waals surface area contributed by atoms with Gasteiger partial charge in [-0.1, -0.05) is 6.07 Å². The predicted octanol–water partition coefficient (Wildman–Crippen LogP) is 5.36. The Balaban J connectivity index is 1.49. The number of nitrogens with zero attached hydrogens (tertiary/aromatic N) is 3. The minimum Gasteiger partial charge on any atom is -0.491 e. The molecule has 1 saturated carbocycles. The molecule has 9 nitrogen and oxygen atoms in total. The first kappa shape index (κ1) is 26.5. The van der Waals surface area contributed by atoms with Crippen LogP contribution in [0.15, 0.2) is 54.7 Å². The molecule has 0 bridgehead atoms. The van der Waals surface area contributed by atoms with Crippen LogP contribution in [-0.4, -0.2) is 49.9 Å². The molecule has 1 fully saturated rings. The fourth-order valence-electron chi connectivity index (χ4n) is 4.18. The van der Waals surface area contributed by atoms with Gasteiger partial charge in [-0.25, -0.2) is 9.50 Å². The average molecular weight is 530 g/mol. The third-order valence-corrected chi connectivity index (χ3v) is 6.25. The number of aryl methyl sites for hydroxylation is 1. The van der Waals surface area contributed by atoms with Gasteiger partial charge < -0.3 is 25.2 Å². The number of amides is 1. The van der Waals surface area contributed by atoms with Crippen LogP contribution in [0.5, 0.6) is 17.4 Å². The first-order chi connectivity index (χ1) is 18.6. The lowest BCUT2D eigenvalue weighted by molar-refractivity contribution is 0.0940. The molecule has 1 aliphatic rings. The summed E-state index contributed by atoms with van der Waals surface area (Å²) in [5, 5.41) is 21.4. The molecule has 5 rings (SSSR count). The molecule has 0 unspecified atom stereocenters. The molecule has 2 heterocycles. The number of hydrogen-bond donors (Lipinski definition) is 3. The summed E-state index contributed by atoms with van der Waals surface area (Å²) >= 11 is 0. The van der Waals surface area contributed by atoms with E-state index in [1.54, 1.807) is 30.6 Å². The van der Waals surface area contributed by atoms with Crippen molar-refractivity contribution in [3.8, 4) is 28.6 Å². The molecule has 0 saturated heterocycles.